The zero-order chi connectivity index (χ0) is 13.9. The number of hydrogen-bond donors (Lipinski definition) is 3. The van der Waals surface area contributed by atoms with Crippen molar-refractivity contribution in [1.82, 2.24) is 15.0 Å². The summed E-state index contributed by atoms with van der Waals surface area (Å²) in [7, 11) is 0. The molecule has 1 atom stereocenters. The van der Waals surface area contributed by atoms with E-state index >= 15 is 0 Å². The molecule has 1 saturated carbocycles. The van der Waals surface area contributed by atoms with Crippen LogP contribution < -0.4 is 16.6 Å². The molecule has 4 N–H and O–H groups in total. The van der Waals surface area contributed by atoms with Gasteiger partial charge in [-0.05, 0) is 37.5 Å². The molecule has 0 bridgehead atoms. The summed E-state index contributed by atoms with van der Waals surface area (Å²) in [5, 5.41) is 3.38. The fraction of sp³-hybridized carbons (Fsp3) is 0.357. The van der Waals surface area contributed by atoms with Gasteiger partial charge in [0.15, 0.2) is 0 Å². The maximum atomic E-state index is 5.47. The molecule has 2 aromatic rings. The molecular weight excluding hydrogens is 252 g/mol. The van der Waals surface area contributed by atoms with E-state index in [1.165, 1.54) is 0 Å². The summed E-state index contributed by atoms with van der Waals surface area (Å²) in [4.78, 5) is 13.0. The number of nitrogens with zero attached hydrogens (tertiary/aromatic N) is 3. The van der Waals surface area contributed by atoms with Crippen LogP contribution in [0.4, 0.5) is 11.6 Å². The molecule has 6 heteroatoms. The molecule has 1 unspecified atom stereocenters. The quantitative estimate of drug-likeness (QED) is 0.570. The van der Waals surface area contributed by atoms with Crippen LogP contribution in [-0.4, -0.2) is 15.0 Å². The first-order valence-corrected chi connectivity index (χ1v) is 6.78. The number of nitrogens with one attached hydrogen (secondary N) is 2. The Balaban J connectivity index is 1.81. The Kier molecular flexibility index (Phi) is 3.47. The van der Waals surface area contributed by atoms with Crippen molar-refractivity contribution in [3.8, 4) is 0 Å². The third-order valence-corrected chi connectivity index (χ3v) is 3.40. The second kappa shape index (κ2) is 5.42. The Morgan fingerprint density at radius 3 is 2.55 bits per heavy atom. The summed E-state index contributed by atoms with van der Waals surface area (Å²) in [5.41, 5.74) is 3.76. The van der Waals surface area contributed by atoms with Crippen LogP contribution in [0.15, 0.2) is 30.6 Å². The topological polar surface area (TPSA) is 88.8 Å². The van der Waals surface area contributed by atoms with Crippen LogP contribution in [0.3, 0.4) is 0 Å². The van der Waals surface area contributed by atoms with Gasteiger partial charge in [0.2, 0.25) is 0 Å². The van der Waals surface area contributed by atoms with Crippen molar-refractivity contribution in [2.75, 3.05) is 10.7 Å². The first kappa shape index (κ1) is 12.8. The Bertz CT molecular complexity index is 581. The van der Waals surface area contributed by atoms with Crippen molar-refractivity contribution in [2.24, 2.45) is 5.84 Å². The molecule has 104 valence electrons. The maximum Gasteiger partial charge on any atom is 0.145 e. The van der Waals surface area contributed by atoms with E-state index in [0.29, 0.717) is 11.7 Å². The summed E-state index contributed by atoms with van der Waals surface area (Å²) in [5.74, 6) is 8.26. The van der Waals surface area contributed by atoms with Crippen molar-refractivity contribution in [3.63, 3.8) is 0 Å². The predicted octanol–water partition coefficient (Wildman–Crippen LogP) is 2.21. The second-order valence-corrected chi connectivity index (χ2v) is 5.06. The summed E-state index contributed by atoms with van der Waals surface area (Å²) >= 11 is 0. The number of anilines is 2. The van der Waals surface area contributed by atoms with Gasteiger partial charge >= 0.3 is 0 Å². The van der Waals surface area contributed by atoms with Crippen LogP contribution in [0.1, 0.15) is 43.1 Å². The molecule has 0 saturated heterocycles. The zero-order valence-corrected chi connectivity index (χ0v) is 11.4. The summed E-state index contributed by atoms with van der Waals surface area (Å²) in [6, 6.07) is 5.94. The molecule has 2 heterocycles. The van der Waals surface area contributed by atoms with Gasteiger partial charge in [0.1, 0.15) is 17.5 Å². The average Bonchev–Trinajstić information content (AvgIpc) is 3.32. The number of hydrogen-bond acceptors (Lipinski definition) is 6. The number of nitrogen functional groups attached to an aromatic ring is 1. The number of hydrazine groups is 1. The van der Waals surface area contributed by atoms with E-state index in [2.05, 4.69) is 32.6 Å². The van der Waals surface area contributed by atoms with Crippen LogP contribution >= 0.6 is 0 Å². The lowest BCUT2D eigenvalue weighted by atomic mass is 10.1. The first-order valence-electron chi connectivity index (χ1n) is 6.78. The van der Waals surface area contributed by atoms with E-state index in [4.69, 9.17) is 5.84 Å². The molecule has 0 spiro atoms. The minimum absolute atomic E-state index is 0.144. The number of rotatable bonds is 5. The number of aromatic nitrogens is 3. The minimum Gasteiger partial charge on any atom is -0.363 e. The van der Waals surface area contributed by atoms with Gasteiger partial charge in [-0.2, -0.15) is 0 Å². The van der Waals surface area contributed by atoms with E-state index in [1.807, 2.05) is 18.2 Å². The van der Waals surface area contributed by atoms with Crippen LogP contribution in [0.25, 0.3) is 0 Å². The fourth-order valence-electron chi connectivity index (χ4n) is 2.10. The monoisotopic (exact) mass is 270 g/mol. The fourth-order valence-corrected chi connectivity index (χ4v) is 2.10. The maximum absolute atomic E-state index is 5.47. The van der Waals surface area contributed by atoms with Gasteiger partial charge in [-0.25, -0.2) is 15.8 Å². The largest absolute Gasteiger partial charge is 0.363 e. The average molecular weight is 270 g/mol. The van der Waals surface area contributed by atoms with Crippen LogP contribution in [-0.2, 0) is 0 Å². The van der Waals surface area contributed by atoms with Crippen molar-refractivity contribution in [1.29, 1.82) is 0 Å². The molecule has 3 rings (SSSR count). The molecule has 1 fully saturated rings. The summed E-state index contributed by atoms with van der Waals surface area (Å²) in [6.07, 6.45) is 5.90. The molecule has 0 aromatic carbocycles. The lowest BCUT2D eigenvalue weighted by Crippen LogP contribution is -2.13. The standard InChI is InChI=1S/C14H18N6/c1-9(10-4-6-16-7-5-10)17-12-8-13(20-15)19-14(18-12)11-2-3-11/h4-9,11H,2-3,15H2,1H3,(H2,17,18,19,20). The highest BCUT2D eigenvalue weighted by atomic mass is 15.3. The normalized spacial score (nSPS) is 15.7. The SMILES string of the molecule is CC(Nc1cc(NN)nc(C2CC2)n1)c1ccncc1. The van der Waals surface area contributed by atoms with E-state index in [-0.39, 0.29) is 6.04 Å². The third kappa shape index (κ3) is 2.85. The molecule has 2 aromatic heterocycles. The highest BCUT2D eigenvalue weighted by Gasteiger charge is 2.27. The van der Waals surface area contributed by atoms with Crippen molar-refractivity contribution >= 4 is 11.6 Å². The first-order chi connectivity index (χ1) is 9.76. The molecule has 0 aliphatic heterocycles. The third-order valence-electron chi connectivity index (χ3n) is 3.40. The molecule has 1 aliphatic rings. The van der Waals surface area contributed by atoms with Crippen molar-refractivity contribution in [3.05, 3.63) is 42.0 Å². The second-order valence-electron chi connectivity index (χ2n) is 5.06. The van der Waals surface area contributed by atoms with Gasteiger partial charge in [0, 0.05) is 24.4 Å². The molecular formula is C14H18N6. The zero-order valence-electron chi connectivity index (χ0n) is 11.4. The van der Waals surface area contributed by atoms with Crippen molar-refractivity contribution < 1.29 is 0 Å². The van der Waals surface area contributed by atoms with Gasteiger partial charge in [-0.3, -0.25) is 4.98 Å². The molecule has 20 heavy (non-hydrogen) atoms. The minimum atomic E-state index is 0.144. The van der Waals surface area contributed by atoms with Gasteiger partial charge in [-0.1, -0.05) is 0 Å². The predicted molar refractivity (Wildman–Crippen MR) is 78.1 cm³/mol. The Morgan fingerprint density at radius 1 is 1.20 bits per heavy atom. The smallest absolute Gasteiger partial charge is 0.145 e. The Morgan fingerprint density at radius 2 is 1.90 bits per heavy atom. The van der Waals surface area contributed by atoms with E-state index in [9.17, 15) is 0 Å². The van der Waals surface area contributed by atoms with Gasteiger partial charge in [0.05, 0.1) is 6.04 Å². The summed E-state index contributed by atoms with van der Waals surface area (Å²) < 4.78 is 0. The summed E-state index contributed by atoms with van der Waals surface area (Å²) in [6.45, 7) is 2.09. The lowest BCUT2D eigenvalue weighted by molar-refractivity contribution is 0.852. The van der Waals surface area contributed by atoms with Crippen LogP contribution in [0, 0.1) is 0 Å². The Labute approximate surface area is 117 Å². The highest BCUT2D eigenvalue weighted by molar-refractivity contribution is 5.48. The van der Waals surface area contributed by atoms with Gasteiger partial charge < -0.3 is 10.7 Å². The molecule has 1 aliphatic carbocycles. The van der Waals surface area contributed by atoms with E-state index in [1.54, 1.807) is 12.4 Å². The molecule has 0 amide bonds. The van der Waals surface area contributed by atoms with E-state index < -0.39 is 0 Å². The van der Waals surface area contributed by atoms with Crippen molar-refractivity contribution in [2.45, 2.75) is 31.7 Å². The van der Waals surface area contributed by atoms with Gasteiger partial charge in [-0.15, -0.1) is 0 Å². The molecule has 0 radical (unpaired) electrons. The lowest BCUT2D eigenvalue weighted by Gasteiger charge is -2.16. The highest BCUT2D eigenvalue weighted by Crippen LogP contribution is 2.39. The Hall–Kier alpha value is -2.21. The number of nitrogens with two attached hydrogens (primary N) is 1. The molecule has 6 nitrogen and oxygen atoms in total. The number of pyridine rings is 1. The van der Waals surface area contributed by atoms with Crippen LogP contribution in [0.5, 0.6) is 0 Å². The van der Waals surface area contributed by atoms with Crippen LogP contribution in [0.2, 0.25) is 0 Å². The van der Waals surface area contributed by atoms with E-state index in [0.717, 1.165) is 30.0 Å². The van der Waals surface area contributed by atoms with Gasteiger partial charge in [0.25, 0.3) is 0 Å².